The van der Waals surface area contributed by atoms with E-state index in [4.69, 9.17) is 0 Å². The lowest BCUT2D eigenvalue weighted by atomic mass is 10.0. The minimum Gasteiger partial charge on any atom is -0.352 e. The lowest BCUT2D eigenvalue weighted by molar-refractivity contribution is 0.0950. The Kier molecular flexibility index (Phi) is 8.01. The van der Waals surface area contributed by atoms with Gasteiger partial charge in [0, 0.05) is 18.2 Å². The van der Waals surface area contributed by atoms with Crippen LogP contribution in [-0.4, -0.2) is 50.6 Å². The van der Waals surface area contributed by atoms with E-state index in [2.05, 4.69) is 36.4 Å². The summed E-state index contributed by atoms with van der Waals surface area (Å²) < 4.78 is 0. The van der Waals surface area contributed by atoms with Gasteiger partial charge in [-0.15, -0.1) is 0 Å². The molecule has 0 heterocycles. The topological polar surface area (TPSA) is 44.4 Å². The van der Waals surface area contributed by atoms with E-state index in [1.54, 1.807) is 0 Å². The van der Waals surface area contributed by atoms with Crippen molar-refractivity contribution >= 4 is 5.91 Å². The van der Waals surface area contributed by atoms with Crippen LogP contribution in [0.15, 0.2) is 24.3 Å². The molecule has 0 radical (unpaired) electrons. The summed E-state index contributed by atoms with van der Waals surface area (Å²) >= 11 is 0. The molecule has 0 saturated carbocycles. The van der Waals surface area contributed by atoms with E-state index in [9.17, 15) is 4.79 Å². The molecule has 0 fully saturated rings. The first kappa shape index (κ1) is 17.7. The van der Waals surface area contributed by atoms with Crippen molar-refractivity contribution in [3.63, 3.8) is 0 Å². The van der Waals surface area contributed by atoms with E-state index in [1.807, 2.05) is 31.3 Å². The van der Waals surface area contributed by atoms with Crippen LogP contribution >= 0.6 is 0 Å². The van der Waals surface area contributed by atoms with Crippen LogP contribution in [0.25, 0.3) is 0 Å². The van der Waals surface area contributed by atoms with E-state index in [-0.39, 0.29) is 5.91 Å². The van der Waals surface area contributed by atoms with Gasteiger partial charge in [-0.1, -0.05) is 18.2 Å². The number of benzene rings is 1. The number of carbonyl (C=O) groups excluding carboxylic acids is 1. The van der Waals surface area contributed by atoms with Crippen molar-refractivity contribution in [1.82, 2.24) is 15.5 Å². The van der Waals surface area contributed by atoms with Crippen molar-refractivity contribution < 1.29 is 4.79 Å². The molecule has 0 atom stereocenters. The average Bonchev–Trinajstić information content (AvgIpc) is 2.49. The zero-order valence-corrected chi connectivity index (χ0v) is 13.8. The van der Waals surface area contributed by atoms with Crippen LogP contribution in [0, 0.1) is 0 Å². The molecule has 0 unspecified atom stereocenters. The molecule has 1 amide bonds. The Morgan fingerprint density at radius 2 is 1.95 bits per heavy atom. The maximum atomic E-state index is 12.3. The number of rotatable bonds is 9. The van der Waals surface area contributed by atoms with Crippen LogP contribution in [0.5, 0.6) is 0 Å². The summed E-state index contributed by atoms with van der Waals surface area (Å²) in [6.07, 6.45) is 1.84. The molecule has 0 bridgehead atoms. The van der Waals surface area contributed by atoms with Crippen LogP contribution < -0.4 is 10.6 Å². The highest BCUT2D eigenvalue weighted by Crippen LogP contribution is 2.09. The minimum absolute atomic E-state index is 0.0360. The minimum atomic E-state index is 0.0360. The van der Waals surface area contributed by atoms with Gasteiger partial charge in [0.2, 0.25) is 0 Å². The first-order valence-corrected chi connectivity index (χ1v) is 7.77. The molecule has 0 aliphatic heterocycles. The molecule has 0 spiro atoms. The van der Waals surface area contributed by atoms with Crippen LogP contribution in [0.2, 0.25) is 0 Å². The van der Waals surface area contributed by atoms with Crippen LogP contribution in [0.4, 0.5) is 0 Å². The summed E-state index contributed by atoms with van der Waals surface area (Å²) in [5.41, 5.74) is 1.90. The fourth-order valence-electron chi connectivity index (χ4n) is 2.10. The first-order chi connectivity index (χ1) is 10.1. The Hall–Kier alpha value is -1.39. The van der Waals surface area contributed by atoms with Gasteiger partial charge in [-0.3, -0.25) is 4.79 Å². The van der Waals surface area contributed by atoms with Gasteiger partial charge in [0.25, 0.3) is 5.91 Å². The second-order valence-electron chi connectivity index (χ2n) is 5.69. The molecule has 21 heavy (non-hydrogen) atoms. The number of hydrogen-bond acceptors (Lipinski definition) is 3. The van der Waals surface area contributed by atoms with Gasteiger partial charge in [-0.2, -0.15) is 0 Å². The lowest BCUT2D eigenvalue weighted by Crippen LogP contribution is -2.31. The van der Waals surface area contributed by atoms with Crippen molar-refractivity contribution in [2.45, 2.75) is 32.7 Å². The Morgan fingerprint density at radius 1 is 1.24 bits per heavy atom. The predicted molar refractivity (Wildman–Crippen MR) is 88.8 cm³/mol. The molecule has 0 aromatic heterocycles. The molecule has 0 aliphatic carbocycles. The lowest BCUT2D eigenvalue weighted by Gasteiger charge is -2.20. The summed E-state index contributed by atoms with van der Waals surface area (Å²) in [6, 6.07) is 8.38. The largest absolute Gasteiger partial charge is 0.352 e. The predicted octanol–water partition coefficient (Wildman–Crippen LogP) is 1.91. The van der Waals surface area contributed by atoms with Gasteiger partial charge < -0.3 is 15.5 Å². The summed E-state index contributed by atoms with van der Waals surface area (Å²) in [5, 5.41) is 6.14. The normalized spacial score (nSPS) is 11.1. The van der Waals surface area contributed by atoms with Crippen molar-refractivity contribution in [2.24, 2.45) is 0 Å². The summed E-state index contributed by atoms with van der Waals surface area (Å²) in [6.45, 7) is 6.95. The van der Waals surface area contributed by atoms with E-state index < -0.39 is 0 Å². The molecule has 1 aromatic rings. The standard InChI is InChI=1S/C17H29N3O/c1-14(2)20(4)13-7-11-19-17(21)16-9-6-5-8-15(16)10-12-18-3/h5-6,8-9,14,18H,7,10-13H2,1-4H3,(H,19,21). The fraction of sp³-hybridized carbons (Fsp3) is 0.588. The smallest absolute Gasteiger partial charge is 0.251 e. The van der Waals surface area contributed by atoms with Crippen molar-refractivity contribution in [2.75, 3.05) is 33.7 Å². The molecule has 4 heteroatoms. The molecule has 1 aromatic carbocycles. The number of amides is 1. The summed E-state index contributed by atoms with van der Waals surface area (Å²) in [5.74, 6) is 0.0360. The van der Waals surface area contributed by atoms with E-state index in [0.29, 0.717) is 6.04 Å². The Labute approximate surface area is 128 Å². The molecular formula is C17H29N3O. The van der Waals surface area contributed by atoms with Gasteiger partial charge in [-0.25, -0.2) is 0 Å². The molecule has 0 saturated heterocycles. The second kappa shape index (κ2) is 9.53. The van der Waals surface area contributed by atoms with E-state index in [1.165, 1.54) is 0 Å². The zero-order valence-electron chi connectivity index (χ0n) is 13.8. The number of hydrogen-bond donors (Lipinski definition) is 2. The van der Waals surface area contributed by atoms with Gasteiger partial charge in [0.1, 0.15) is 0 Å². The first-order valence-electron chi connectivity index (χ1n) is 7.77. The maximum Gasteiger partial charge on any atom is 0.251 e. The summed E-state index contributed by atoms with van der Waals surface area (Å²) in [4.78, 5) is 14.5. The quantitative estimate of drug-likeness (QED) is 0.683. The third-order valence-corrected chi connectivity index (χ3v) is 3.76. The van der Waals surface area contributed by atoms with Gasteiger partial charge in [0.15, 0.2) is 0 Å². The number of likely N-dealkylation sites (N-methyl/N-ethyl adjacent to an activating group) is 1. The van der Waals surface area contributed by atoms with E-state index in [0.717, 1.165) is 43.6 Å². The van der Waals surface area contributed by atoms with Crippen molar-refractivity contribution in [1.29, 1.82) is 0 Å². The highest BCUT2D eigenvalue weighted by molar-refractivity contribution is 5.95. The third-order valence-electron chi connectivity index (χ3n) is 3.76. The van der Waals surface area contributed by atoms with Gasteiger partial charge in [-0.05, 0) is 65.5 Å². The summed E-state index contributed by atoms with van der Waals surface area (Å²) in [7, 11) is 4.04. The third kappa shape index (κ3) is 6.27. The number of carbonyl (C=O) groups is 1. The Bertz CT molecular complexity index is 432. The average molecular weight is 291 g/mol. The Morgan fingerprint density at radius 3 is 2.62 bits per heavy atom. The molecular weight excluding hydrogens is 262 g/mol. The molecule has 2 N–H and O–H groups in total. The highest BCUT2D eigenvalue weighted by atomic mass is 16.1. The highest BCUT2D eigenvalue weighted by Gasteiger charge is 2.10. The molecule has 118 valence electrons. The second-order valence-corrected chi connectivity index (χ2v) is 5.69. The number of nitrogens with zero attached hydrogens (tertiary/aromatic N) is 1. The maximum absolute atomic E-state index is 12.3. The van der Waals surface area contributed by atoms with Crippen LogP contribution in [0.3, 0.4) is 0 Å². The van der Waals surface area contributed by atoms with Crippen molar-refractivity contribution in [3.8, 4) is 0 Å². The fourth-order valence-corrected chi connectivity index (χ4v) is 2.10. The van der Waals surface area contributed by atoms with Crippen LogP contribution in [-0.2, 0) is 6.42 Å². The van der Waals surface area contributed by atoms with Gasteiger partial charge in [0.05, 0.1) is 0 Å². The number of nitrogens with one attached hydrogen (secondary N) is 2. The van der Waals surface area contributed by atoms with E-state index >= 15 is 0 Å². The van der Waals surface area contributed by atoms with Crippen LogP contribution in [0.1, 0.15) is 36.2 Å². The zero-order chi connectivity index (χ0) is 15.7. The molecule has 1 rings (SSSR count). The SMILES string of the molecule is CNCCc1ccccc1C(=O)NCCCN(C)C(C)C. The van der Waals surface area contributed by atoms with Gasteiger partial charge >= 0.3 is 0 Å². The Balaban J connectivity index is 2.45. The molecule has 0 aliphatic rings. The molecule has 4 nitrogen and oxygen atoms in total. The van der Waals surface area contributed by atoms with Crippen molar-refractivity contribution in [3.05, 3.63) is 35.4 Å². The monoisotopic (exact) mass is 291 g/mol.